The predicted octanol–water partition coefficient (Wildman–Crippen LogP) is 4.16. The smallest absolute Gasteiger partial charge is 0.253 e. The van der Waals surface area contributed by atoms with Crippen molar-refractivity contribution < 1.29 is 13.9 Å². The maximum Gasteiger partial charge on any atom is 0.253 e. The summed E-state index contributed by atoms with van der Waals surface area (Å²) < 4.78 is 18.8. The second-order valence-electron chi connectivity index (χ2n) is 6.90. The van der Waals surface area contributed by atoms with Crippen molar-refractivity contribution in [3.8, 4) is 6.07 Å². The standard InChI is InChI=1S/C22H23FN2O2/c23-21-3-1-2-19(14-21)16-27-13-10-17-8-11-25(12-9-17)22(26)20-6-4-18(15-24)5-7-20/h1-7,14,17H,8-13,16H2. The third kappa shape index (κ3) is 5.38. The zero-order chi connectivity index (χ0) is 19.1. The number of likely N-dealkylation sites (tertiary alicyclic amines) is 1. The van der Waals surface area contributed by atoms with Crippen molar-refractivity contribution in [2.24, 2.45) is 5.92 Å². The van der Waals surface area contributed by atoms with Gasteiger partial charge in [-0.25, -0.2) is 4.39 Å². The first-order valence-corrected chi connectivity index (χ1v) is 9.27. The van der Waals surface area contributed by atoms with E-state index in [2.05, 4.69) is 6.07 Å². The molecule has 1 saturated heterocycles. The van der Waals surface area contributed by atoms with Crippen LogP contribution in [-0.2, 0) is 11.3 Å². The maximum atomic E-state index is 13.1. The summed E-state index contributed by atoms with van der Waals surface area (Å²) in [6, 6.07) is 15.3. The summed E-state index contributed by atoms with van der Waals surface area (Å²) in [5.41, 5.74) is 2.03. The third-order valence-corrected chi connectivity index (χ3v) is 4.99. The predicted molar refractivity (Wildman–Crippen MR) is 100 cm³/mol. The van der Waals surface area contributed by atoms with E-state index in [0.29, 0.717) is 30.3 Å². The number of nitriles is 1. The molecule has 2 aromatic carbocycles. The van der Waals surface area contributed by atoms with Gasteiger partial charge < -0.3 is 9.64 Å². The molecule has 1 aliphatic heterocycles. The number of hydrogen-bond donors (Lipinski definition) is 0. The zero-order valence-electron chi connectivity index (χ0n) is 15.2. The normalized spacial score (nSPS) is 14.7. The molecule has 0 bridgehead atoms. The van der Waals surface area contributed by atoms with Gasteiger partial charge in [-0.15, -0.1) is 0 Å². The molecule has 3 rings (SSSR count). The van der Waals surface area contributed by atoms with Gasteiger partial charge in [0.15, 0.2) is 0 Å². The van der Waals surface area contributed by atoms with Gasteiger partial charge in [0, 0.05) is 25.3 Å². The first-order chi connectivity index (χ1) is 13.2. The fourth-order valence-electron chi connectivity index (χ4n) is 3.36. The molecule has 140 valence electrons. The molecule has 1 fully saturated rings. The topological polar surface area (TPSA) is 53.3 Å². The molecule has 5 heteroatoms. The highest BCUT2D eigenvalue weighted by Gasteiger charge is 2.23. The molecule has 0 spiro atoms. The Balaban J connectivity index is 1.38. The summed E-state index contributed by atoms with van der Waals surface area (Å²) in [7, 11) is 0. The van der Waals surface area contributed by atoms with Crippen molar-refractivity contribution in [1.82, 2.24) is 4.90 Å². The highest BCUT2D eigenvalue weighted by atomic mass is 19.1. The molecule has 27 heavy (non-hydrogen) atoms. The fraction of sp³-hybridized carbons (Fsp3) is 0.364. The number of piperidine rings is 1. The van der Waals surface area contributed by atoms with E-state index in [9.17, 15) is 9.18 Å². The molecule has 2 aromatic rings. The van der Waals surface area contributed by atoms with Crippen molar-refractivity contribution in [2.75, 3.05) is 19.7 Å². The average Bonchev–Trinajstić information content (AvgIpc) is 2.71. The summed E-state index contributed by atoms with van der Waals surface area (Å²) in [6.07, 6.45) is 2.88. The second kappa shape index (κ2) is 9.29. The van der Waals surface area contributed by atoms with Crippen molar-refractivity contribution in [3.63, 3.8) is 0 Å². The molecule has 0 radical (unpaired) electrons. The van der Waals surface area contributed by atoms with Crippen LogP contribution in [0.3, 0.4) is 0 Å². The number of halogens is 1. The molecule has 0 aromatic heterocycles. The zero-order valence-corrected chi connectivity index (χ0v) is 15.2. The number of benzene rings is 2. The van der Waals surface area contributed by atoms with Crippen LogP contribution in [-0.4, -0.2) is 30.5 Å². The monoisotopic (exact) mass is 366 g/mol. The summed E-state index contributed by atoms with van der Waals surface area (Å²) in [4.78, 5) is 14.4. The second-order valence-corrected chi connectivity index (χ2v) is 6.90. The number of rotatable bonds is 6. The number of carbonyl (C=O) groups excluding carboxylic acids is 1. The Morgan fingerprint density at radius 3 is 2.59 bits per heavy atom. The summed E-state index contributed by atoms with van der Waals surface area (Å²) in [5.74, 6) is 0.332. The lowest BCUT2D eigenvalue weighted by Crippen LogP contribution is -2.38. The van der Waals surface area contributed by atoms with E-state index in [1.165, 1.54) is 12.1 Å². The van der Waals surface area contributed by atoms with Crippen molar-refractivity contribution in [2.45, 2.75) is 25.9 Å². The lowest BCUT2D eigenvalue weighted by molar-refractivity contribution is 0.0638. The van der Waals surface area contributed by atoms with Crippen LogP contribution in [0, 0.1) is 23.1 Å². The molecule has 0 atom stereocenters. The van der Waals surface area contributed by atoms with Gasteiger partial charge in [0.25, 0.3) is 5.91 Å². The van der Waals surface area contributed by atoms with E-state index in [1.807, 2.05) is 11.0 Å². The maximum absolute atomic E-state index is 13.1. The Morgan fingerprint density at radius 1 is 1.19 bits per heavy atom. The van der Waals surface area contributed by atoms with Gasteiger partial charge in [0.1, 0.15) is 5.82 Å². The van der Waals surface area contributed by atoms with Crippen LogP contribution < -0.4 is 0 Å². The number of hydrogen-bond acceptors (Lipinski definition) is 3. The molecule has 0 N–H and O–H groups in total. The highest BCUT2D eigenvalue weighted by molar-refractivity contribution is 5.94. The molecular formula is C22H23FN2O2. The van der Waals surface area contributed by atoms with Crippen LogP contribution in [0.4, 0.5) is 4.39 Å². The molecule has 1 heterocycles. The van der Waals surface area contributed by atoms with Crippen LogP contribution in [0.2, 0.25) is 0 Å². The summed E-state index contributed by atoms with van der Waals surface area (Å²) in [5, 5.41) is 8.84. The first kappa shape index (κ1) is 19.1. The first-order valence-electron chi connectivity index (χ1n) is 9.27. The SMILES string of the molecule is N#Cc1ccc(C(=O)N2CCC(CCOCc3cccc(F)c3)CC2)cc1. The molecule has 0 saturated carbocycles. The van der Waals surface area contributed by atoms with Gasteiger partial charge in [-0.2, -0.15) is 5.26 Å². The van der Waals surface area contributed by atoms with E-state index < -0.39 is 0 Å². The molecule has 1 aliphatic rings. The van der Waals surface area contributed by atoms with Crippen LogP contribution in [0.15, 0.2) is 48.5 Å². The lowest BCUT2D eigenvalue weighted by Gasteiger charge is -2.32. The molecule has 4 nitrogen and oxygen atoms in total. The Bertz CT molecular complexity index is 806. The minimum Gasteiger partial charge on any atom is -0.377 e. The van der Waals surface area contributed by atoms with E-state index >= 15 is 0 Å². The Morgan fingerprint density at radius 2 is 1.93 bits per heavy atom. The molecular weight excluding hydrogens is 343 g/mol. The van der Waals surface area contributed by atoms with Gasteiger partial charge in [-0.3, -0.25) is 4.79 Å². The average molecular weight is 366 g/mol. The van der Waals surface area contributed by atoms with Gasteiger partial charge in [0.05, 0.1) is 18.2 Å². The van der Waals surface area contributed by atoms with Crippen molar-refractivity contribution in [3.05, 3.63) is 71.0 Å². The highest BCUT2D eigenvalue weighted by Crippen LogP contribution is 2.22. The summed E-state index contributed by atoms with van der Waals surface area (Å²) in [6.45, 7) is 2.55. The fourth-order valence-corrected chi connectivity index (χ4v) is 3.36. The van der Waals surface area contributed by atoms with E-state index in [4.69, 9.17) is 10.00 Å². The minimum absolute atomic E-state index is 0.0281. The van der Waals surface area contributed by atoms with Gasteiger partial charge >= 0.3 is 0 Å². The number of ether oxygens (including phenoxy) is 1. The number of nitrogens with zero attached hydrogens (tertiary/aromatic N) is 2. The Kier molecular flexibility index (Phi) is 6.56. The van der Waals surface area contributed by atoms with E-state index in [1.54, 1.807) is 30.3 Å². The number of carbonyl (C=O) groups is 1. The van der Waals surface area contributed by atoms with Gasteiger partial charge in [0.2, 0.25) is 0 Å². The number of amides is 1. The van der Waals surface area contributed by atoms with Crippen LogP contribution in [0.1, 0.15) is 40.7 Å². The Labute approximate surface area is 159 Å². The van der Waals surface area contributed by atoms with Crippen LogP contribution in [0.5, 0.6) is 0 Å². The van der Waals surface area contributed by atoms with Crippen molar-refractivity contribution in [1.29, 1.82) is 5.26 Å². The van der Waals surface area contributed by atoms with Crippen LogP contribution >= 0.6 is 0 Å². The Hall–Kier alpha value is -2.71. The molecule has 0 unspecified atom stereocenters. The minimum atomic E-state index is -0.240. The van der Waals surface area contributed by atoms with Crippen molar-refractivity contribution >= 4 is 5.91 Å². The molecule has 1 amide bonds. The van der Waals surface area contributed by atoms with Gasteiger partial charge in [-0.05, 0) is 67.1 Å². The third-order valence-electron chi connectivity index (χ3n) is 4.99. The van der Waals surface area contributed by atoms with E-state index in [0.717, 1.165) is 37.9 Å². The largest absolute Gasteiger partial charge is 0.377 e. The summed E-state index contributed by atoms with van der Waals surface area (Å²) >= 11 is 0. The quantitative estimate of drug-likeness (QED) is 0.722. The molecule has 0 aliphatic carbocycles. The van der Waals surface area contributed by atoms with E-state index in [-0.39, 0.29) is 11.7 Å². The van der Waals surface area contributed by atoms with Gasteiger partial charge in [-0.1, -0.05) is 12.1 Å². The lowest BCUT2D eigenvalue weighted by atomic mass is 9.93. The van der Waals surface area contributed by atoms with Crippen LogP contribution in [0.25, 0.3) is 0 Å².